The van der Waals surface area contributed by atoms with Crippen LogP contribution in [0.25, 0.3) is 0 Å². The predicted molar refractivity (Wildman–Crippen MR) is 105 cm³/mol. The molecule has 0 aliphatic carbocycles. The molecule has 158 valence electrons. The van der Waals surface area contributed by atoms with Gasteiger partial charge in [-0.3, -0.25) is 4.79 Å². The van der Waals surface area contributed by atoms with Crippen molar-refractivity contribution in [3.8, 4) is 0 Å². The maximum atomic E-state index is 12.7. The van der Waals surface area contributed by atoms with Crippen LogP contribution >= 0.6 is 0 Å². The number of hydrogen-bond donors (Lipinski definition) is 1. The fourth-order valence-electron chi connectivity index (χ4n) is 3.61. The summed E-state index contributed by atoms with van der Waals surface area (Å²) in [5.41, 5.74) is 0.922. The summed E-state index contributed by atoms with van der Waals surface area (Å²) in [6.45, 7) is 1.20. The quantitative estimate of drug-likeness (QED) is 0.827. The lowest BCUT2D eigenvalue weighted by Gasteiger charge is -2.33. The van der Waals surface area contributed by atoms with Crippen molar-refractivity contribution < 1.29 is 22.8 Å². The molecule has 1 saturated heterocycles. The van der Waals surface area contributed by atoms with Crippen LogP contribution in [0.1, 0.15) is 30.4 Å². The molecule has 30 heavy (non-hydrogen) atoms. The van der Waals surface area contributed by atoms with Gasteiger partial charge in [0.05, 0.1) is 11.3 Å². The van der Waals surface area contributed by atoms with E-state index in [0.29, 0.717) is 38.2 Å². The molecule has 1 fully saturated rings. The van der Waals surface area contributed by atoms with E-state index >= 15 is 0 Å². The van der Waals surface area contributed by atoms with Gasteiger partial charge in [0.15, 0.2) is 0 Å². The monoisotopic (exact) mass is 418 g/mol. The van der Waals surface area contributed by atoms with Crippen molar-refractivity contribution in [3.05, 3.63) is 59.8 Å². The molecule has 3 heterocycles. The van der Waals surface area contributed by atoms with Gasteiger partial charge in [-0.25, -0.2) is 4.98 Å². The minimum absolute atomic E-state index is 0.0208. The molecule has 1 aromatic carbocycles. The van der Waals surface area contributed by atoms with Gasteiger partial charge in [0.25, 0.3) is 5.91 Å². The normalized spacial score (nSPS) is 19.9. The van der Waals surface area contributed by atoms with Crippen LogP contribution in [0.15, 0.2) is 53.8 Å². The van der Waals surface area contributed by atoms with Gasteiger partial charge in [-0.1, -0.05) is 35.5 Å². The summed E-state index contributed by atoms with van der Waals surface area (Å²) in [6, 6.07) is 12.0. The first kappa shape index (κ1) is 20.2. The third-order valence-corrected chi connectivity index (χ3v) is 5.31. The highest BCUT2D eigenvalue weighted by Gasteiger charge is 2.32. The van der Waals surface area contributed by atoms with Gasteiger partial charge in [-0.2, -0.15) is 13.2 Å². The molecule has 4 rings (SSSR count). The molecule has 0 bridgehead atoms. The Kier molecular flexibility index (Phi) is 5.61. The van der Waals surface area contributed by atoms with Crippen molar-refractivity contribution in [1.82, 2.24) is 10.3 Å². The van der Waals surface area contributed by atoms with Crippen molar-refractivity contribution in [2.45, 2.75) is 37.6 Å². The number of amides is 1. The summed E-state index contributed by atoms with van der Waals surface area (Å²) in [5.74, 6) is 0.309. The van der Waals surface area contributed by atoms with Crippen LogP contribution in [-0.4, -0.2) is 41.8 Å². The molecule has 1 N–H and O–H groups in total. The van der Waals surface area contributed by atoms with E-state index in [1.807, 2.05) is 35.2 Å². The number of hydrogen-bond acceptors (Lipinski definition) is 5. The summed E-state index contributed by atoms with van der Waals surface area (Å²) in [6.07, 6.45) is -2.42. The van der Waals surface area contributed by atoms with Gasteiger partial charge < -0.3 is 15.1 Å². The number of carbonyl (C=O) groups excluding carboxylic acids is 1. The number of anilines is 1. The fourth-order valence-corrected chi connectivity index (χ4v) is 3.61. The number of carbonyl (C=O) groups is 1. The van der Waals surface area contributed by atoms with E-state index in [-0.39, 0.29) is 11.9 Å². The van der Waals surface area contributed by atoms with Crippen LogP contribution in [0, 0.1) is 0 Å². The standard InChI is InChI=1S/C21H21F3N4O2/c22-21(23,24)15-6-7-19(25-13-15)28-10-8-16(9-11-28)26-20(29)18-12-17(27-30-18)14-4-2-1-3-5-14/h1-7,13,16,18H,8-12H2,(H,26,29). The Morgan fingerprint density at radius 2 is 1.83 bits per heavy atom. The zero-order chi connectivity index (χ0) is 21.1. The van der Waals surface area contributed by atoms with Gasteiger partial charge in [0.2, 0.25) is 6.10 Å². The number of piperidine rings is 1. The average molecular weight is 418 g/mol. The van der Waals surface area contributed by atoms with Gasteiger partial charge in [0.1, 0.15) is 5.82 Å². The molecule has 1 atom stereocenters. The Morgan fingerprint density at radius 3 is 2.47 bits per heavy atom. The molecule has 1 amide bonds. The van der Waals surface area contributed by atoms with Crippen LogP contribution < -0.4 is 10.2 Å². The number of halogens is 3. The van der Waals surface area contributed by atoms with Gasteiger partial charge in [0, 0.05) is 31.7 Å². The highest BCUT2D eigenvalue weighted by Crippen LogP contribution is 2.30. The van der Waals surface area contributed by atoms with Gasteiger partial charge >= 0.3 is 6.18 Å². The van der Waals surface area contributed by atoms with Gasteiger partial charge in [-0.05, 0) is 30.5 Å². The maximum absolute atomic E-state index is 12.7. The first-order chi connectivity index (χ1) is 14.4. The lowest BCUT2D eigenvalue weighted by atomic mass is 10.0. The first-order valence-corrected chi connectivity index (χ1v) is 9.77. The van der Waals surface area contributed by atoms with Crippen LogP contribution in [-0.2, 0) is 15.8 Å². The first-order valence-electron chi connectivity index (χ1n) is 9.77. The number of oxime groups is 1. The molecule has 0 radical (unpaired) electrons. The number of pyridine rings is 1. The van der Waals surface area contributed by atoms with E-state index in [1.165, 1.54) is 6.07 Å². The van der Waals surface area contributed by atoms with Crippen LogP contribution in [0.3, 0.4) is 0 Å². The summed E-state index contributed by atoms with van der Waals surface area (Å²) < 4.78 is 38.0. The molecule has 6 nitrogen and oxygen atoms in total. The van der Waals surface area contributed by atoms with Crippen molar-refractivity contribution in [1.29, 1.82) is 0 Å². The Bertz CT molecular complexity index is 908. The minimum atomic E-state index is -4.39. The van der Waals surface area contributed by atoms with E-state index in [9.17, 15) is 18.0 Å². The highest BCUT2D eigenvalue weighted by atomic mass is 19.4. The molecule has 0 saturated carbocycles. The Labute approximate surface area is 171 Å². The smallest absolute Gasteiger partial charge is 0.382 e. The van der Waals surface area contributed by atoms with Crippen molar-refractivity contribution in [2.75, 3.05) is 18.0 Å². The molecule has 2 aromatic rings. The average Bonchev–Trinajstić information content (AvgIpc) is 3.25. The summed E-state index contributed by atoms with van der Waals surface area (Å²) in [4.78, 5) is 23.7. The second-order valence-corrected chi connectivity index (χ2v) is 7.37. The number of rotatable bonds is 4. The van der Waals surface area contributed by atoms with Crippen LogP contribution in [0.4, 0.5) is 19.0 Å². The number of alkyl halides is 3. The number of aromatic nitrogens is 1. The third-order valence-electron chi connectivity index (χ3n) is 5.31. The van der Waals surface area contributed by atoms with Crippen LogP contribution in [0.5, 0.6) is 0 Å². The predicted octanol–water partition coefficient (Wildman–Crippen LogP) is 3.38. The van der Waals surface area contributed by atoms with Crippen molar-refractivity contribution in [3.63, 3.8) is 0 Å². The van der Waals surface area contributed by atoms with Gasteiger partial charge in [-0.15, -0.1) is 0 Å². The fraction of sp³-hybridized carbons (Fsp3) is 0.381. The van der Waals surface area contributed by atoms with E-state index in [4.69, 9.17) is 4.84 Å². The molecular weight excluding hydrogens is 397 g/mol. The Morgan fingerprint density at radius 1 is 1.10 bits per heavy atom. The second-order valence-electron chi connectivity index (χ2n) is 7.37. The van der Waals surface area contributed by atoms with Crippen molar-refractivity contribution >= 4 is 17.4 Å². The van der Waals surface area contributed by atoms with Crippen molar-refractivity contribution in [2.24, 2.45) is 5.16 Å². The Hall–Kier alpha value is -3.10. The molecule has 1 unspecified atom stereocenters. The zero-order valence-corrected chi connectivity index (χ0v) is 16.1. The molecule has 2 aliphatic heterocycles. The molecule has 9 heteroatoms. The minimum Gasteiger partial charge on any atom is -0.382 e. The topological polar surface area (TPSA) is 66.8 Å². The zero-order valence-electron chi connectivity index (χ0n) is 16.1. The third kappa shape index (κ3) is 4.55. The number of nitrogens with one attached hydrogen (secondary N) is 1. The van der Waals surface area contributed by atoms with E-state index in [2.05, 4.69) is 15.5 Å². The molecular formula is C21H21F3N4O2. The van der Waals surface area contributed by atoms with E-state index in [1.54, 1.807) is 0 Å². The maximum Gasteiger partial charge on any atom is 0.417 e. The largest absolute Gasteiger partial charge is 0.417 e. The molecule has 1 aromatic heterocycles. The summed E-state index contributed by atoms with van der Waals surface area (Å²) in [7, 11) is 0. The van der Waals surface area contributed by atoms with Crippen LogP contribution in [0.2, 0.25) is 0 Å². The summed E-state index contributed by atoms with van der Waals surface area (Å²) in [5, 5.41) is 7.04. The van der Waals surface area contributed by atoms with E-state index < -0.39 is 17.8 Å². The lowest BCUT2D eigenvalue weighted by molar-refractivity contribution is -0.137. The number of benzene rings is 1. The SMILES string of the molecule is O=C(NC1CCN(c2ccc(C(F)(F)F)cn2)CC1)C1CC(c2ccccc2)=NO1. The van der Waals surface area contributed by atoms with E-state index in [0.717, 1.165) is 23.5 Å². The second kappa shape index (κ2) is 8.33. The molecule has 2 aliphatic rings. The highest BCUT2D eigenvalue weighted by molar-refractivity contribution is 6.04. The molecule has 0 spiro atoms. The Balaban J connectivity index is 1.26. The lowest BCUT2D eigenvalue weighted by Crippen LogP contribution is -2.47. The summed E-state index contributed by atoms with van der Waals surface area (Å²) >= 11 is 0. The number of nitrogens with zero attached hydrogens (tertiary/aromatic N) is 3.